The quantitative estimate of drug-likeness (QED) is 0.785. The molecule has 20 heavy (non-hydrogen) atoms. The Morgan fingerprint density at radius 3 is 2.55 bits per heavy atom. The lowest BCUT2D eigenvalue weighted by Gasteiger charge is -2.30. The average molecular weight is 310 g/mol. The second-order valence-corrected chi connectivity index (χ2v) is 8.32. The third kappa shape index (κ3) is 3.01. The number of ketones is 1. The van der Waals surface area contributed by atoms with Gasteiger partial charge >= 0.3 is 0 Å². The minimum atomic E-state index is 0.0437. The van der Waals surface area contributed by atoms with Crippen LogP contribution in [0.25, 0.3) is 0 Å². The van der Waals surface area contributed by atoms with E-state index >= 15 is 0 Å². The number of hydrogen-bond acceptors (Lipinski definition) is 4. The fraction of sp³-hybridized carbons (Fsp3) is 0.562. The van der Waals surface area contributed by atoms with Crippen LogP contribution in [0.15, 0.2) is 12.1 Å². The molecule has 2 nitrogen and oxygen atoms in total. The predicted molar refractivity (Wildman–Crippen MR) is 89.6 cm³/mol. The molecule has 1 fully saturated rings. The van der Waals surface area contributed by atoms with E-state index in [9.17, 15) is 4.79 Å². The van der Waals surface area contributed by atoms with Gasteiger partial charge in [-0.05, 0) is 31.0 Å². The third-order valence-electron chi connectivity index (χ3n) is 3.99. The van der Waals surface area contributed by atoms with E-state index < -0.39 is 0 Å². The smallest absolute Gasteiger partial charge is 0.180 e. The van der Waals surface area contributed by atoms with Gasteiger partial charge in [-0.25, -0.2) is 0 Å². The number of carbonyl (C=O) groups excluding carboxylic acids is 1. The van der Waals surface area contributed by atoms with Crippen LogP contribution in [0.4, 0.5) is 0 Å². The highest BCUT2D eigenvalue weighted by atomic mass is 32.2. The van der Waals surface area contributed by atoms with E-state index in [0.717, 1.165) is 28.2 Å². The highest BCUT2D eigenvalue weighted by Crippen LogP contribution is 2.38. The molecule has 0 N–H and O–H groups in total. The Hall–Kier alpha value is -0.610. The monoisotopic (exact) mass is 310 g/mol. The van der Waals surface area contributed by atoms with Crippen LogP contribution in [-0.2, 0) is 0 Å². The van der Waals surface area contributed by atoms with Crippen molar-refractivity contribution in [3.8, 4) is 5.75 Å². The van der Waals surface area contributed by atoms with Gasteiger partial charge in [-0.1, -0.05) is 19.9 Å². The van der Waals surface area contributed by atoms with Crippen molar-refractivity contribution >= 4 is 29.3 Å². The summed E-state index contributed by atoms with van der Waals surface area (Å²) in [6.45, 7) is 8.50. The lowest BCUT2D eigenvalue weighted by atomic mass is 10.0. The van der Waals surface area contributed by atoms with Gasteiger partial charge < -0.3 is 4.74 Å². The van der Waals surface area contributed by atoms with Gasteiger partial charge in [-0.15, -0.1) is 11.8 Å². The Morgan fingerprint density at radius 2 is 1.95 bits per heavy atom. The van der Waals surface area contributed by atoms with Crippen LogP contribution in [0.3, 0.4) is 0 Å². The van der Waals surface area contributed by atoms with Crippen molar-refractivity contribution in [3.05, 3.63) is 28.8 Å². The van der Waals surface area contributed by atoms with Crippen LogP contribution in [0, 0.1) is 13.8 Å². The number of methoxy groups -OCH3 is 1. The van der Waals surface area contributed by atoms with E-state index in [0.29, 0.717) is 10.5 Å². The van der Waals surface area contributed by atoms with Gasteiger partial charge in [0, 0.05) is 16.3 Å². The molecule has 1 aliphatic heterocycles. The van der Waals surface area contributed by atoms with Gasteiger partial charge in [0.1, 0.15) is 5.75 Å². The molecule has 1 aromatic rings. The first-order chi connectivity index (χ1) is 9.45. The number of thioether (sulfide) groups is 2. The molecule has 0 bridgehead atoms. The van der Waals surface area contributed by atoms with Gasteiger partial charge in [-0.2, -0.15) is 11.8 Å². The van der Waals surface area contributed by atoms with Crippen LogP contribution in [0.2, 0.25) is 0 Å². The summed E-state index contributed by atoms with van der Waals surface area (Å²) in [5.74, 6) is 1.85. The van der Waals surface area contributed by atoms with Gasteiger partial charge in [0.05, 0.1) is 17.9 Å². The molecular formula is C16H22O2S2. The fourth-order valence-corrected chi connectivity index (χ4v) is 5.21. The summed E-state index contributed by atoms with van der Waals surface area (Å²) in [4.78, 5) is 12.8. The molecule has 2 rings (SSSR count). The van der Waals surface area contributed by atoms with Crippen LogP contribution >= 0.6 is 23.5 Å². The Kier molecular flexibility index (Phi) is 5.08. The number of hydrogen-bond donors (Lipinski definition) is 0. The molecule has 110 valence electrons. The van der Waals surface area contributed by atoms with Crippen molar-refractivity contribution in [2.75, 3.05) is 12.9 Å². The van der Waals surface area contributed by atoms with E-state index in [4.69, 9.17) is 4.74 Å². The number of benzene rings is 1. The number of rotatable bonds is 3. The molecule has 1 aromatic carbocycles. The molecule has 0 aliphatic carbocycles. The molecule has 3 atom stereocenters. The highest BCUT2D eigenvalue weighted by Gasteiger charge is 2.32. The molecule has 1 heterocycles. The topological polar surface area (TPSA) is 26.3 Å². The van der Waals surface area contributed by atoms with Gasteiger partial charge in [0.15, 0.2) is 5.78 Å². The Morgan fingerprint density at radius 1 is 1.25 bits per heavy atom. The molecular weight excluding hydrogens is 288 g/mol. The fourth-order valence-electron chi connectivity index (χ4n) is 2.34. The first kappa shape index (κ1) is 15.8. The van der Waals surface area contributed by atoms with Crippen LogP contribution in [-0.4, -0.2) is 34.4 Å². The summed E-state index contributed by atoms with van der Waals surface area (Å²) in [5.41, 5.74) is 2.95. The summed E-state index contributed by atoms with van der Waals surface area (Å²) >= 11 is 3.70. The normalized spacial score (nSPS) is 26.4. The maximum atomic E-state index is 12.8. The zero-order valence-electron chi connectivity index (χ0n) is 12.7. The van der Waals surface area contributed by atoms with Crippen molar-refractivity contribution in [3.63, 3.8) is 0 Å². The summed E-state index contributed by atoms with van der Waals surface area (Å²) in [6.07, 6.45) is 0. The molecule has 0 aromatic heterocycles. The van der Waals surface area contributed by atoms with Gasteiger partial charge in [-0.3, -0.25) is 4.79 Å². The number of aryl methyl sites for hydroxylation is 1. The lowest BCUT2D eigenvalue weighted by molar-refractivity contribution is 0.0991. The maximum Gasteiger partial charge on any atom is 0.180 e. The lowest BCUT2D eigenvalue weighted by Crippen LogP contribution is -2.32. The highest BCUT2D eigenvalue weighted by molar-refractivity contribution is 8.08. The zero-order valence-corrected chi connectivity index (χ0v) is 14.4. The van der Waals surface area contributed by atoms with Crippen molar-refractivity contribution in [2.24, 2.45) is 0 Å². The van der Waals surface area contributed by atoms with E-state index in [-0.39, 0.29) is 11.0 Å². The molecule has 0 spiro atoms. The van der Waals surface area contributed by atoms with E-state index in [1.807, 2.05) is 37.7 Å². The molecule has 0 saturated carbocycles. The minimum Gasteiger partial charge on any atom is -0.496 e. The molecule has 3 unspecified atom stereocenters. The van der Waals surface area contributed by atoms with E-state index in [1.54, 1.807) is 18.9 Å². The third-order valence-corrected chi connectivity index (χ3v) is 7.38. The van der Waals surface area contributed by atoms with Crippen molar-refractivity contribution in [1.82, 2.24) is 0 Å². The van der Waals surface area contributed by atoms with Crippen molar-refractivity contribution in [2.45, 2.75) is 43.4 Å². The van der Waals surface area contributed by atoms with Gasteiger partial charge in [0.25, 0.3) is 0 Å². The molecule has 4 heteroatoms. The summed E-state index contributed by atoms with van der Waals surface area (Å²) < 4.78 is 5.48. The van der Waals surface area contributed by atoms with Crippen LogP contribution < -0.4 is 4.74 Å². The van der Waals surface area contributed by atoms with Crippen LogP contribution in [0.5, 0.6) is 5.75 Å². The largest absolute Gasteiger partial charge is 0.496 e. The van der Waals surface area contributed by atoms with Crippen LogP contribution in [0.1, 0.15) is 35.3 Å². The predicted octanol–water partition coefficient (Wildman–Crippen LogP) is 4.12. The molecule has 1 saturated heterocycles. The van der Waals surface area contributed by atoms with Crippen molar-refractivity contribution in [1.29, 1.82) is 0 Å². The number of ether oxygens (including phenoxy) is 1. The van der Waals surface area contributed by atoms with Gasteiger partial charge in [0.2, 0.25) is 0 Å². The van der Waals surface area contributed by atoms with Crippen molar-refractivity contribution < 1.29 is 9.53 Å². The number of Topliss-reactive ketones (excluding diaryl/α,β-unsaturated/α-hetero) is 1. The number of carbonyl (C=O) groups is 1. The second kappa shape index (κ2) is 6.44. The zero-order chi connectivity index (χ0) is 14.9. The Balaban J connectivity index is 2.28. The molecule has 1 aliphatic rings. The first-order valence-corrected chi connectivity index (χ1v) is 8.90. The maximum absolute atomic E-state index is 12.8. The summed E-state index contributed by atoms with van der Waals surface area (Å²) in [5, 5.41) is 1.17. The average Bonchev–Trinajstić information content (AvgIpc) is 2.44. The Labute approximate surface area is 130 Å². The molecule has 0 amide bonds. The van der Waals surface area contributed by atoms with E-state index in [1.165, 1.54) is 0 Å². The van der Waals surface area contributed by atoms with E-state index in [2.05, 4.69) is 13.8 Å². The first-order valence-electron chi connectivity index (χ1n) is 6.91. The Bertz CT molecular complexity index is 513. The second-order valence-electron chi connectivity index (χ2n) is 5.32. The SMILES string of the molecule is COc1c(C(=O)C2CSC(C)C(C)S2)ccc(C)c1C. The standard InChI is InChI=1S/C16H22O2S2/c1-9-6-7-13(16(18-5)10(9)2)15(17)14-8-19-11(3)12(4)20-14/h6-7,11-12,14H,8H2,1-5H3. The summed E-state index contributed by atoms with van der Waals surface area (Å²) in [7, 11) is 1.64. The minimum absolute atomic E-state index is 0.0437. The molecule has 0 radical (unpaired) electrons. The summed E-state index contributed by atoms with van der Waals surface area (Å²) in [6, 6.07) is 3.93.